The Morgan fingerprint density at radius 1 is 0.825 bits per heavy atom. The van der Waals surface area contributed by atoms with E-state index in [9.17, 15) is 0 Å². The minimum atomic E-state index is 0.112. The molecule has 224 valence electrons. The molecule has 1 heterocycles. The van der Waals surface area contributed by atoms with Crippen LogP contribution in [0.5, 0.6) is 0 Å². The van der Waals surface area contributed by atoms with Crippen LogP contribution in [0.25, 0.3) is 5.57 Å². The van der Waals surface area contributed by atoms with Gasteiger partial charge in [-0.25, -0.2) is 0 Å². The first-order chi connectivity index (χ1) is 19.2. The smallest absolute Gasteiger partial charge is 0.0685 e. The van der Waals surface area contributed by atoms with Gasteiger partial charge in [0.05, 0.1) is 6.61 Å². The average Bonchev–Trinajstić information content (AvgIpc) is 2.95. The minimum absolute atomic E-state index is 0.112. The van der Waals surface area contributed by atoms with Crippen molar-refractivity contribution in [1.82, 2.24) is 5.06 Å². The molecule has 1 aromatic carbocycles. The first-order valence-corrected chi connectivity index (χ1v) is 17.1. The van der Waals surface area contributed by atoms with Gasteiger partial charge in [-0.15, -0.1) is 6.58 Å². The van der Waals surface area contributed by atoms with Crippen LogP contribution in [-0.2, 0) is 11.3 Å². The van der Waals surface area contributed by atoms with Crippen LogP contribution in [0.15, 0.2) is 43.0 Å². The lowest BCUT2D eigenvalue weighted by Crippen LogP contribution is -2.61. The maximum Gasteiger partial charge on any atom is 0.0685 e. The summed E-state index contributed by atoms with van der Waals surface area (Å²) in [5.41, 5.74) is 4.68. The molecule has 2 nitrogen and oxygen atoms in total. The molecule has 0 radical (unpaired) electrons. The van der Waals surface area contributed by atoms with Gasteiger partial charge in [0.25, 0.3) is 0 Å². The quantitative estimate of drug-likeness (QED) is 0.180. The number of piperidine rings is 1. The van der Waals surface area contributed by atoms with Gasteiger partial charge in [-0.2, -0.15) is 5.06 Å². The molecule has 1 saturated heterocycles. The van der Waals surface area contributed by atoms with Crippen LogP contribution in [0, 0.1) is 23.7 Å². The lowest BCUT2D eigenvalue weighted by Gasteiger charge is -2.55. The van der Waals surface area contributed by atoms with Crippen molar-refractivity contribution in [2.45, 2.75) is 148 Å². The number of hydroxylamine groups is 2. The third-order valence-corrected chi connectivity index (χ3v) is 10.7. The van der Waals surface area contributed by atoms with Crippen molar-refractivity contribution in [2.75, 3.05) is 6.61 Å². The molecule has 4 rings (SSSR count). The molecule has 0 aromatic heterocycles. The summed E-state index contributed by atoms with van der Waals surface area (Å²) in [6, 6.07) is 9.34. The van der Waals surface area contributed by atoms with Gasteiger partial charge in [0, 0.05) is 11.1 Å². The van der Waals surface area contributed by atoms with Crippen LogP contribution < -0.4 is 0 Å². The Hall–Kier alpha value is -1.38. The molecule has 0 N–H and O–H groups in total. The summed E-state index contributed by atoms with van der Waals surface area (Å²) in [6.07, 6.45) is 25.6. The van der Waals surface area contributed by atoms with Crippen molar-refractivity contribution in [3.63, 3.8) is 0 Å². The summed E-state index contributed by atoms with van der Waals surface area (Å²) in [5.74, 6) is 3.58. The Morgan fingerprint density at radius 2 is 1.45 bits per heavy atom. The Balaban J connectivity index is 1.24. The summed E-state index contributed by atoms with van der Waals surface area (Å²) in [7, 11) is 0. The highest BCUT2D eigenvalue weighted by Crippen LogP contribution is 2.49. The summed E-state index contributed by atoms with van der Waals surface area (Å²) >= 11 is 0. The van der Waals surface area contributed by atoms with E-state index in [1.807, 2.05) is 6.08 Å². The summed E-state index contributed by atoms with van der Waals surface area (Å²) in [6.45, 7) is 16.8. The Bertz CT molecular complexity index is 915. The largest absolute Gasteiger partial charge is 0.298 e. The number of aryl methyl sites for hydroxylation is 1. The summed E-state index contributed by atoms with van der Waals surface area (Å²) < 4.78 is 0. The summed E-state index contributed by atoms with van der Waals surface area (Å²) in [4.78, 5) is 6.51. The van der Waals surface area contributed by atoms with Crippen LogP contribution in [0.2, 0.25) is 0 Å². The van der Waals surface area contributed by atoms with Crippen LogP contribution in [0.4, 0.5) is 0 Å². The van der Waals surface area contributed by atoms with Crippen LogP contribution in [-0.4, -0.2) is 22.7 Å². The highest BCUT2D eigenvalue weighted by atomic mass is 16.7. The molecular weight excluding hydrogens is 486 g/mol. The SMILES string of the molecule is C=CCCc1ccc(C2=CCC(C3CCC(C4CC(C)(C)N(OCCCCCCC)C(C)(C)C4)CC3)CC2)cc1. The fraction of sp³-hybridized carbons (Fsp3) is 0.737. The van der Waals surface area contributed by atoms with Gasteiger partial charge in [0.15, 0.2) is 0 Å². The standard InChI is InChI=1S/C38H61NO/c1-7-9-11-12-13-27-40-39-37(3,4)28-36(29-38(39,5)6)35-25-23-34(24-26-35)33-21-19-32(20-22-33)31-17-15-30(16-18-31)14-10-8-2/h8,15-19,33-36H,2,7,9-14,20-29H2,1,3-6H3. The van der Waals surface area contributed by atoms with Crippen LogP contribution in [0.1, 0.15) is 142 Å². The number of nitrogens with zero attached hydrogens (tertiary/aromatic N) is 1. The Morgan fingerprint density at radius 3 is 2.02 bits per heavy atom. The van der Waals surface area contributed by atoms with Gasteiger partial charge in [0.1, 0.15) is 0 Å². The topological polar surface area (TPSA) is 12.5 Å². The second-order valence-corrected chi connectivity index (χ2v) is 14.8. The molecule has 3 aliphatic rings. The average molecular weight is 548 g/mol. The van der Waals surface area contributed by atoms with E-state index in [2.05, 4.69) is 76.6 Å². The van der Waals surface area contributed by atoms with Crippen molar-refractivity contribution in [1.29, 1.82) is 0 Å². The zero-order valence-electron chi connectivity index (χ0n) is 26.9. The van der Waals surface area contributed by atoms with Gasteiger partial charge in [-0.1, -0.05) is 69.0 Å². The maximum absolute atomic E-state index is 6.51. The molecule has 0 bridgehead atoms. The van der Waals surface area contributed by atoms with Gasteiger partial charge in [-0.05, 0) is 145 Å². The number of hydrogen-bond acceptors (Lipinski definition) is 2. The zero-order valence-corrected chi connectivity index (χ0v) is 26.9. The van der Waals surface area contributed by atoms with Crippen molar-refractivity contribution in [2.24, 2.45) is 23.7 Å². The van der Waals surface area contributed by atoms with Crippen molar-refractivity contribution < 1.29 is 4.84 Å². The van der Waals surface area contributed by atoms with E-state index < -0.39 is 0 Å². The lowest BCUT2D eigenvalue weighted by atomic mass is 9.63. The molecule has 40 heavy (non-hydrogen) atoms. The molecular formula is C38H61NO. The third-order valence-electron chi connectivity index (χ3n) is 10.7. The molecule has 1 unspecified atom stereocenters. The summed E-state index contributed by atoms with van der Waals surface area (Å²) in [5, 5.41) is 2.41. The molecule has 1 aliphatic heterocycles. The molecule has 0 amide bonds. The molecule has 2 heteroatoms. The third kappa shape index (κ3) is 8.34. The molecule has 1 saturated carbocycles. The molecule has 2 aliphatic carbocycles. The monoisotopic (exact) mass is 547 g/mol. The predicted octanol–water partition coefficient (Wildman–Crippen LogP) is 11.0. The highest BCUT2D eigenvalue weighted by molar-refractivity contribution is 5.66. The molecule has 2 fully saturated rings. The second-order valence-electron chi connectivity index (χ2n) is 14.8. The van der Waals surface area contributed by atoms with E-state index >= 15 is 0 Å². The second kappa shape index (κ2) is 14.7. The van der Waals surface area contributed by atoms with E-state index in [1.54, 1.807) is 5.57 Å². The number of allylic oxidation sites excluding steroid dienone is 3. The molecule has 1 aromatic rings. The van der Waals surface area contributed by atoms with E-state index in [0.717, 1.165) is 43.1 Å². The molecule has 1 atom stereocenters. The maximum atomic E-state index is 6.51. The van der Waals surface area contributed by atoms with Gasteiger partial charge in [-0.3, -0.25) is 4.84 Å². The van der Waals surface area contributed by atoms with E-state index in [1.165, 1.54) is 101 Å². The van der Waals surface area contributed by atoms with Crippen molar-refractivity contribution in [3.8, 4) is 0 Å². The molecule has 0 spiro atoms. The number of rotatable bonds is 13. The zero-order chi connectivity index (χ0) is 28.6. The van der Waals surface area contributed by atoms with Gasteiger partial charge in [0.2, 0.25) is 0 Å². The number of hydrogen-bond donors (Lipinski definition) is 0. The fourth-order valence-corrected chi connectivity index (χ4v) is 8.67. The Kier molecular flexibility index (Phi) is 11.6. The lowest BCUT2D eigenvalue weighted by molar-refractivity contribution is -0.291. The van der Waals surface area contributed by atoms with Gasteiger partial charge < -0.3 is 0 Å². The predicted molar refractivity (Wildman–Crippen MR) is 173 cm³/mol. The van der Waals surface area contributed by atoms with E-state index in [-0.39, 0.29) is 11.1 Å². The fourth-order valence-electron chi connectivity index (χ4n) is 8.67. The number of unbranched alkanes of at least 4 members (excludes halogenated alkanes) is 4. The number of benzene rings is 1. The minimum Gasteiger partial charge on any atom is -0.298 e. The first-order valence-electron chi connectivity index (χ1n) is 17.1. The normalized spacial score (nSPS) is 27.3. The van der Waals surface area contributed by atoms with E-state index in [4.69, 9.17) is 4.84 Å². The Labute approximate surface area is 248 Å². The van der Waals surface area contributed by atoms with Gasteiger partial charge >= 0.3 is 0 Å². The van der Waals surface area contributed by atoms with Crippen molar-refractivity contribution in [3.05, 3.63) is 54.1 Å². The van der Waals surface area contributed by atoms with E-state index in [0.29, 0.717) is 0 Å². The van der Waals surface area contributed by atoms with Crippen molar-refractivity contribution >= 4 is 5.57 Å². The highest BCUT2D eigenvalue weighted by Gasteiger charge is 2.48. The first kappa shape index (κ1) is 31.6. The van der Waals surface area contributed by atoms with Crippen LogP contribution >= 0.6 is 0 Å². The van der Waals surface area contributed by atoms with Crippen LogP contribution in [0.3, 0.4) is 0 Å².